The summed E-state index contributed by atoms with van der Waals surface area (Å²) in [5.41, 5.74) is 4.71. The molecule has 2 nitrogen and oxygen atoms in total. The number of aromatic amines is 1. The Morgan fingerprint density at radius 3 is 2.43 bits per heavy atom. The third-order valence-electron chi connectivity index (χ3n) is 5.06. The molecule has 3 aromatic carbocycles. The minimum atomic E-state index is -0.0727. The first-order valence-corrected chi connectivity index (χ1v) is 7.97. The lowest BCUT2D eigenvalue weighted by atomic mass is 9.75. The Hall–Kier alpha value is -2.74. The Kier molecular flexibility index (Phi) is 2.31. The van der Waals surface area contributed by atoms with Crippen molar-refractivity contribution in [2.75, 3.05) is 0 Å². The van der Waals surface area contributed by atoms with Crippen LogP contribution in [0.5, 0.6) is 11.5 Å². The van der Waals surface area contributed by atoms with Gasteiger partial charge in [0.05, 0.1) is 5.52 Å². The van der Waals surface area contributed by atoms with Gasteiger partial charge in [-0.05, 0) is 18.2 Å². The summed E-state index contributed by atoms with van der Waals surface area (Å²) < 4.78 is 6.20. The van der Waals surface area contributed by atoms with E-state index < -0.39 is 0 Å². The molecule has 0 fully saturated rings. The van der Waals surface area contributed by atoms with Crippen molar-refractivity contribution in [3.63, 3.8) is 0 Å². The van der Waals surface area contributed by atoms with Crippen molar-refractivity contribution in [3.8, 4) is 11.5 Å². The minimum absolute atomic E-state index is 0.0727. The lowest BCUT2D eigenvalue weighted by Gasteiger charge is -2.34. The number of fused-ring (bicyclic) bond motifs is 5. The number of para-hydroxylation sites is 2. The Labute approximate surface area is 134 Å². The van der Waals surface area contributed by atoms with Gasteiger partial charge < -0.3 is 9.72 Å². The Bertz CT molecular complexity index is 1070. The van der Waals surface area contributed by atoms with Gasteiger partial charge in [0.25, 0.3) is 0 Å². The molecule has 1 aromatic heterocycles. The molecule has 0 spiro atoms. The zero-order valence-corrected chi connectivity index (χ0v) is 13.2. The zero-order chi connectivity index (χ0) is 15.6. The van der Waals surface area contributed by atoms with Crippen LogP contribution >= 0.6 is 0 Å². The van der Waals surface area contributed by atoms with Gasteiger partial charge in [0.2, 0.25) is 0 Å². The lowest BCUT2D eigenvalue weighted by molar-refractivity contribution is 0.419. The lowest BCUT2D eigenvalue weighted by Crippen LogP contribution is -2.24. The molecular weight excluding hydrogens is 282 g/mol. The van der Waals surface area contributed by atoms with E-state index in [1.165, 1.54) is 27.4 Å². The summed E-state index contributed by atoms with van der Waals surface area (Å²) in [6.45, 7) is 4.54. The second kappa shape index (κ2) is 4.17. The monoisotopic (exact) mass is 299 g/mol. The van der Waals surface area contributed by atoms with Crippen LogP contribution < -0.4 is 4.74 Å². The standard InChI is InChI=1S/C21H17NO/c1-21(2)15-8-4-6-10-19(15)23-20-12-18-14(11-16(20)21)13-7-3-5-9-17(13)22-18/h3-12,22H,1-2H3. The molecular formula is C21H17NO. The number of rotatable bonds is 0. The molecule has 23 heavy (non-hydrogen) atoms. The van der Waals surface area contributed by atoms with Gasteiger partial charge in [0.1, 0.15) is 11.5 Å². The summed E-state index contributed by atoms with van der Waals surface area (Å²) in [6.07, 6.45) is 0. The molecule has 0 radical (unpaired) electrons. The number of ether oxygens (including phenoxy) is 1. The molecule has 0 unspecified atom stereocenters. The number of hydrogen-bond donors (Lipinski definition) is 1. The summed E-state index contributed by atoms with van der Waals surface area (Å²) >= 11 is 0. The average Bonchev–Trinajstić information content (AvgIpc) is 2.91. The van der Waals surface area contributed by atoms with Gasteiger partial charge in [-0.1, -0.05) is 50.2 Å². The fourth-order valence-electron chi connectivity index (χ4n) is 3.79. The summed E-state index contributed by atoms with van der Waals surface area (Å²) in [5, 5.41) is 2.52. The van der Waals surface area contributed by atoms with Crippen molar-refractivity contribution >= 4 is 21.8 Å². The second-order valence-corrected chi connectivity index (χ2v) is 6.79. The van der Waals surface area contributed by atoms with Crippen LogP contribution in [0.4, 0.5) is 0 Å². The molecule has 0 aliphatic carbocycles. The molecule has 0 bridgehead atoms. The van der Waals surface area contributed by atoms with E-state index in [1.807, 2.05) is 6.07 Å². The van der Waals surface area contributed by atoms with Crippen LogP contribution in [0, 0.1) is 0 Å². The normalized spacial score (nSPS) is 15.2. The Morgan fingerprint density at radius 2 is 1.52 bits per heavy atom. The molecule has 1 N–H and O–H groups in total. The third-order valence-corrected chi connectivity index (χ3v) is 5.06. The molecule has 1 aliphatic rings. The smallest absolute Gasteiger partial charge is 0.133 e. The van der Waals surface area contributed by atoms with E-state index in [9.17, 15) is 0 Å². The molecule has 0 atom stereocenters. The number of hydrogen-bond acceptors (Lipinski definition) is 1. The highest BCUT2D eigenvalue weighted by atomic mass is 16.5. The van der Waals surface area contributed by atoms with Gasteiger partial charge in [-0.15, -0.1) is 0 Å². The van der Waals surface area contributed by atoms with Gasteiger partial charge in [-0.3, -0.25) is 0 Å². The van der Waals surface area contributed by atoms with Gasteiger partial charge in [-0.25, -0.2) is 0 Å². The topological polar surface area (TPSA) is 25.0 Å². The predicted octanol–water partition coefficient (Wildman–Crippen LogP) is 5.75. The van der Waals surface area contributed by atoms with Crippen LogP contribution in [0.2, 0.25) is 0 Å². The molecule has 4 aromatic rings. The van der Waals surface area contributed by atoms with Crippen molar-refractivity contribution in [2.45, 2.75) is 19.3 Å². The highest BCUT2D eigenvalue weighted by Gasteiger charge is 2.34. The minimum Gasteiger partial charge on any atom is -0.457 e. The predicted molar refractivity (Wildman–Crippen MR) is 94.4 cm³/mol. The summed E-state index contributed by atoms with van der Waals surface area (Å²) in [6, 6.07) is 21.2. The van der Waals surface area contributed by atoms with E-state index in [1.54, 1.807) is 0 Å². The van der Waals surface area contributed by atoms with Crippen LogP contribution in [0.15, 0.2) is 60.7 Å². The molecule has 2 heteroatoms. The Balaban J connectivity index is 1.86. The summed E-state index contributed by atoms with van der Waals surface area (Å²) in [7, 11) is 0. The number of benzene rings is 3. The van der Waals surface area contributed by atoms with E-state index in [-0.39, 0.29) is 5.41 Å². The molecule has 1 aliphatic heterocycles. The molecule has 0 amide bonds. The zero-order valence-electron chi connectivity index (χ0n) is 13.2. The van der Waals surface area contributed by atoms with Crippen molar-refractivity contribution in [1.29, 1.82) is 0 Å². The van der Waals surface area contributed by atoms with Crippen molar-refractivity contribution in [3.05, 3.63) is 71.8 Å². The molecule has 5 rings (SSSR count). The first-order chi connectivity index (χ1) is 11.1. The number of H-pyrrole nitrogens is 1. The van der Waals surface area contributed by atoms with Crippen LogP contribution in [0.25, 0.3) is 21.8 Å². The highest BCUT2D eigenvalue weighted by Crippen LogP contribution is 2.49. The van der Waals surface area contributed by atoms with Crippen LogP contribution in [-0.4, -0.2) is 4.98 Å². The van der Waals surface area contributed by atoms with Gasteiger partial charge in [0.15, 0.2) is 0 Å². The van der Waals surface area contributed by atoms with E-state index in [0.29, 0.717) is 0 Å². The van der Waals surface area contributed by atoms with Crippen molar-refractivity contribution < 1.29 is 4.74 Å². The third kappa shape index (κ3) is 1.63. The van der Waals surface area contributed by atoms with Crippen molar-refractivity contribution in [1.82, 2.24) is 4.98 Å². The first kappa shape index (κ1) is 12.8. The Morgan fingerprint density at radius 1 is 0.739 bits per heavy atom. The maximum atomic E-state index is 6.20. The van der Waals surface area contributed by atoms with E-state index in [2.05, 4.69) is 73.4 Å². The summed E-state index contributed by atoms with van der Waals surface area (Å²) in [5.74, 6) is 1.91. The molecule has 2 heterocycles. The largest absolute Gasteiger partial charge is 0.457 e. The maximum absolute atomic E-state index is 6.20. The van der Waals surface area contributed by atoms with Crippen LogP contribution in [-0.2, 0) is 5.41 Å². The van der Waals surface area contributed by atoms with Crippen molar-refractivity contribution in [2.24, 2.45) is 0 Å². The van der Waals surface area contributed by atoms with E-state index >= 15 is 0 Å². The highest BCUT2D eigenvalue weighted by molar-refractivity contribution is 6.08. The average molecular weight is 299 g/mol. The molecule has 0 saturated heterocycles. The number of nitrogens with one attached hydrogen (secondary N) is 1. The van der Waals surface area contributed by atoms with Gasteiger partial charge in [-0.2, -0.15) is 0 Å². The van der Waals surface area contributed by atoms with Crippen LogP contribution in [0.3, 0.4) is 0 Å². The second-order valence-electron chi connectivity index (χ2n) is 6.79. The molecule has 112 valence electrons. The van der Waals surface area contributed by atoms with Crippen LogP contribution in [0.1, 0.15) is 25.0 Å². The maximum Gasteiger partial charge on any atom is 0.133 e. The van der Waals surface area contributed by atoms with Gasteiger partial charge in [0, 0.05) is 38.9 Å². The quantitative estimate of drug-likeness (QED) is 0.439. The summed E-state index contributed by atoms with van der Waals surface area (Å²) in [4.78, 5) is 3.50. The molecule has 0 saturated carbocycles. The SMILES string of the molecule is CC1(C)c2ccccc2Oc2cc3[nH]c4ccccc4c3cc21. The fraction of sp³-hybridized carbons (Fsp3) is 0.143. The van der Waals surface area contributed by atoms with Gasteiger partial charge >= 0.3 is 0 Å². The van der Waals surface area contributed by atoms with E-state index in [4.69, 9.17) is 4.74 Å². The van der Waals surface area contributed by atoms with E-state index in [0.717, 1.165) is 17.0 Å². The fourth-order valence-corrected chi connectivity index (χ4v) is 3.79. The first-order valence-electron chi connectivity index (χ1n) is 7.97. The number of aromatic nitrogens is 1.